The molecule has 6 heteroatoms. The van der Waals surface area contributed by atoms with Crippen molar-refractivity contribution < 1.29 is 9.71 Å². The summed E-state index contributed by atoms with van der Waals surface area (Å²) in [5.41, 5.74) is 1.00. The lowest BCUT2D eigenvalue weighted by atomic mass is 10.2. The molecule has 3 rings (SSSR count). The third kappa shape index (κ3) is 3.64. The molecule has 2 N–H and O–H groups in total. The van der Waals surface area contributed by atoms with Crippen LogP contribution in [-0.2, 0) is 0 Å². The third-order valence-electron chi connectivity index (χ3n) is 4.45. The second-order valence-electron chi connectivity index (χ2n) is 6.39. The van der Waals surface area contributed by atoms with E-state index < -0.39 is 5.82 Å². The molecular weight excluding hydrogens is 353 g/mol. The number of hydrogen-bond donors (Lipinski definition) is 1. The molecule has 0 spiro atoms. The zero-order chi connectivity index (χ0) is 18.7. The second kappa shape index (κ2) is 7.98. The average Bonchev–Trinajstić information content (AvgIpc) is 2.64. The Bertz CT molecular complexity index is 986. The van der Waals surface area contributed by atoms with Gasteiger partial charge in [0.25, 0.3) is 5.56 Å². The number of nitrogens with zero attached hydrogens (tertiary/aromatic N) is 2. The van der Waals surface area contributed by atoms with Gasteiger partial charge < -0.3 is 5.32 Å². The largest absolute Gasteiger partial charge is 0.338 e. The number of nitrogens with two attached hydrogens (primary N) is 1. The smallest absolute Gasteiger partial charge is 0.266 e. The first-order valence-electron chi connectivity index (χ1n) is 8.83. The Morgan fingerprint density at radius 2 is 2.04 bits per heavy atom. The Hall–Kier alpha value is -2.24. The van der Waals surface area contributed by atoms with Crippen LogP contribution in [0.1, 0.15) is 38.6 Å². The fourth-order valence-corrected chi connectivity index (χ4v) is 3.18. The van der Waals surface area contributed by atoms with Crippen LogP contribution in [0.2, 0.25) is 5.02 Å². The molecule has 136 valence electrons. The molecule has 0 fully saturated rings. The van der Waals surface area contributed by atoms with Crippen LogP contribution in [0.3, 0.4) is 0 Å². The molecule has 3 aromatic rings. The number of rotatable bonds is 6. The monoisotopic (exact) mass is 374 g/mol. The van der Waals surface area contributed by atoms with Crippen LogP contribution in [0.25, 0.3) is 16.6 Å². The lowest BCUT2D eigenvalue weighted by molar-refractivity contribution is -0.694. The summed E-state index contributed by atoms with van der Waals surface area (Å²) in [7, 11) is 0. The number of hydrogen-bond acceptors (Lipinski definition) is 2. The van der Waals surface area contributed by atoms with Gasteiger partial charge in [-0.05, 0) is 43.7 Å². The van der Waals surface area contributed by atoms with Gasteiger partial charge in [0.15, 0.2) is 5.82 Å². The summed E-state index contributed by atoms with van der Waals surface area (Å²) in [6.07, 6.45) is 2.19. The van der Waals surface area contributed by atoms with Gasteiger partial charge in [0.2, 0.25) is 0 Å². The van der Waals surface area contributed by atoms with E-state index in [0.717, 1.165) is 19.4 Å². The van der Waals surface area contributed by atoms with E-state index in [0.29, 0.717) is 22.4 Å². The molecule has 1 atom stereocenters. The molecule has 1 aromatic heterocycles. The predicted molar refractivity (Wildman–Crippen MR) is 102 cm³/mol. The van der Waals surface area contributed by atoms with E-state index in [4.69, 9.17) is 16.6 Å². The van der Waals surface area contributed by atoms with Crippen molar-refractivity contribution in [3.05, 3.63) is 69.5 Å². The standard InChI is InChI=1S/C20H21ClFN3O/c1-3-4-11-23-13(2)19-24-18-8-6-5-7-15(18)20(26)25(19)14-9-10-17(22)16(21)12-14/h5-10,12-13,23H,3-4,11H2,1-2H3/p+1/t13-/m1/s1. The fourth-order valence-electron chi connectivity index (χ4n) is 3.01. The first-order chi connectivity index (χ1) is 12.5. The number of benzene rings is 2. The molecule has 0 aliphatic rings. The summed E-state index contributed by atoms with van der Waals surface area (Å²) in [6.45, 7) is 5.11. The molecule has 0 saturated carbocycles. The minimum atomic E-state index is -0.513. The molecule has 1 heterocycles. The number of halogens is 2. The zero-order valence-electron chi connectivity index (χ0n) is 14.9. The van der Waals surface area contributed by atoms with E-state index >= 15 is 0 Å². The summed E-state index contributed by atoms with van der Waals surface area (Å²) in [5, 5.41) is 2.68. The summed E-state index contributed by atoms with van der Waals surface area (Å²) in [4.78, 5) is 17.9. The molecule has 0 aliphatic carbocycles. The maximum Gasteiger partial charge on any atom is 0.266 e. The summed E-state index contributed by atoms with van der Waals surface area (Å²) in [6, 6.07) is 11.5. The predicted octanol–water partition coefficient (Wildman–Crippen LogP) is 3.60. The van der Waals surface area contributed by atoms with Crippen molar-refractivity contribution in [2.24, 2.45) is 0 Å². The summed E-state index contributed by atoms with van der Waals surface area (Å²) in [5.74, 6) is 0.119. The van der Waals surface area contributed by atoms with Crippen LogP contribution in [0.5, 0.6) is 0 Å². The van der Waals surface area contributed by atoms with E-state index in [1.165, 1.54) is 12.1 Å². The number of unbranched alkanes of at least 4 members (excludes halogenated alkanes) is 1. The van der Waals surface area contributed by atoms with Gasteiger partial charge in [-0.1, -0.05) is 37.1 Å². The van der Waals surface area contributed by atoms with Crippen LogP contribution >= 0.6 is 11.6 Å². The van der Waals surface area contributed by atoms with Crippen LogP contribution in [0, 0.1) is 5.82 Å². The second-order valence-corrected chi connectivity index (χ2v) is 6.80. The zero-order valence-corrected chi connectivity index (χ0v) is 15.6. The van der Waals surface area contributed by atoms with E-state index in [-0.39, 0.29) is 16.6 Å². The number of aromatic nitrogens is 2. The highest BCUT2D eigenvalue weighted by Gasteiger charge is 2.20. The van der Waals surface area contributed by atoms with Gasteiger partial charge in [-0.3, -0.25) is 9.36 Å². The van der Waals surface area contributed by atoms with Gasteiger partial charge in [0, 0.05) is 0 Å². The topological polar surface area (TPSA) is 51.5 Å². The van der Waals surface area contributed by atoms with Gasteiger partial charge >= 0.3 is 0 Å². The number of quaternary nitrogens is 1. The lowest BCUT2D eigenvalue weighted by Crippen LogP contribution is -2.85. The van der Waals surface area contributed by atoms with E-state index in [1.807, 2.05) is 25.1 Å². The van der Waals surface area contributed by atoms with Crippen molar-refractivity contribution in [1.82, 2.24) is 9.55 Å². The maximum absolute atomic E-state index is 13.6. The van der Waals surface area contributed by atoms with Crippen LogP contribution in [-0.4, -0.2) is 16.1 Å². The van der Waals surface area contributed by atoms with E-state index in [9.17, 15) is 9.18 Å². The highest BCUT2D eigenvalue weighted by molar-refractivity contribution is 6.30. The fraction of sp³-hybridized carbons (Fsp3) is 0.300. The molecule has 2 aromatic carbocycles. The molecular formula is C20H22ClFN3O+. The molecule has 0 saturated heterocycles. The molecule has 26 heavy (non-hydrogen) atoms. The van der Waals surface area contributed by atoms with E-state index in [2.05, 4.69) is 12.2 Å². The van der Waals surface area contributed by atoms with Gasteiger partial charge in [-0.25, -0.2) is 9.37 Å². The number of para-hydroxylation sites is 1. The van der Waals surface area contributed by atoms with Crippen molar-refractivity contribution in [2.45, 2.75) is 32.7 Å². The normalized spacial score (nSPS) is 12.5. The van der Waals surface area contributed by atoms with Gasteiger partial charge in [0.1, 0.15) is 11.9 Å². The summed E-state index contributed by atoms with van der Waals surface area (Å²) >= 11 is 5.95. The SMILES string of the molecule is CCCC[NH2+][C@H](C)c1nc2ccccc2c(=O)n1-c1ccc(F)c(Cl)c1. The van der Waals surface area contributed by atoms with Crippen molar-refractivity contribution in [1.29, 1.82) is 0 Å². The maximum atomic E-state index is 13.6. The van der Waals surface area contributed by atoms with Crippen molar-refractivity contribution in [3.8, 4) is 5.69 Å². The van der Waals surface area contributed by atoms with Crippen molar-refractivity contribution in [2.75, 3.05) is 6.54 Å². The first-order valence-corrected chi connectivity index (χ1v) is 9.21. The summed E-state index contributed by atoms with van der Waals surface area (Å²) < 4.78 is 15.1. The van der Waals surface area contributed by atoms with Crippen LogP contribution < -0.4 is 10.9 Å². The molecule has 4 nitrogen and oxygen atoms in total. The molecule has 0 bridgehead atoms. The number of fused-ring (bicyclic) bond motifs is 1. The molecule has 0 unspecified atom stereocenters. The Morgan fingerprint density at radius 3 is 2.77 bits per heavy atom. The minimum Gasteiger partial charge on any atom is -0.338 e. The molecule has 0 aliphatic heterocycles. The quantitative estimate of drug-likeness (QED) is 0.670. The third-order valence-corrected chi connectivity index (χ3v) is 4.74. The Balaban J connectivity index is 2.20. The Morgan fingerprint density at radius 1 is 1.27 bits per heavy atom. The molecule has 0 radical (unpaired) electrons. The minimum absolute atomic E-state index is 0.0175. The van der Waals surface area contributed by atoms with Crippen molar-refractivity contribution in [3.63, 3.8) is 0 Å². The lowest BCUT2D eigenvalue weighted by Gasteiger charge is -2.17. The van der Waals surface area contributed by atoms with Crippen molar-refractivity contribution >= 4 is 22.5 Å². The van der Waals surface area contributed by atoms with Gasteiger partial charge in [0.05, 0.1) is 28.2 Å². The van der Waals surface area contributed by atoms with Crippen LogP contribution in [0.15, 0.2) is 47.3 Å². The highest BCUT2D eigenvalue weighted by Crippen LogP contribution is 2.21. The van der Waals surface area contributed by atoms with Gasteiger partial charge in [-0.15, -0.1) is 0 Å². The Labute approximate surface area is 156 Å². The van der Waals surface area contributed by atoms with E-state index in [1.54, 1.807) is 16.7 Å². The highest BCUT2D eigenvalue weighted by atomic mass is 35.5. The Kier molecular flexibility index (Phi) is 5.69. The van der Waals surface area contributed by atoms with Crippen LogP contribution in [0.4, 0.5) is 4.39 Å². The first kappa shape index (κ1) is 18.5. The molecule has 0 amide bonds. The average molecular weight is 375 g/mol. The van der Waals surface area contributed by atoms with Gasteiger partial charge in [-0.2, -0.15) is 0 Å².